The molecule has 2 atom stereocenters. The van der Waals surface area contributed by atoms with Crippen LogP contribution in [0.2, 0.25) is 10.2 Å². The lowest BCUT2D eigenvalue weighted by atomic mass is 10.0. The molecule has 0 spiro atoms. The van der Waals surface area contributed by atoms with Gasteiger partial charge in [-0.2, -0.15) is 0 Å². The molecule has 0 saturated carbocycles. The monoisotopic (exact) mass is 271 g/mol. The van der Waals surface area contributed by atoms with Gasteiger partial charge in [0.25, 0.3) is 0 Å². The number of hydrogen-bond acceptors (Lipinski definition) is 3. The molecule has 3 heterocycles. The summed E-state index contributed by atoms with van der Waals surface area (Å²) in [6, 6.07) is 3.56. The first-order chi connectivity index (χ1) is 8.22. The van der Waals surface area contributed by atoms with Crippen molar-refractivity contribution in [1.29, 1.82) is 0 Å². The van der Waals surface area contributed by atoms with Gasteiger partial charge in [0.05, 0.1) is 10.7 Å². The summed E-state index contributed by atoms with van der Waals surface area (Å²) in [5, 5.41) is 4.67. The van der Waals surface area contributed by atoms with E-state index in [-0.39, 0.29) is 0 Å². The molecule has 0 radical (unpaired) electrons. The Labute approximate surface area is 111 Å². The Morgan fingerprint density at radius 1 is 1.24 bits per heavy atom. The predicted molar refractivity (Wildman–Crippen MR) is 69.4 cm³/mol. The molecule has 1 aromatic rings. The summed E-state index contributed by atoms with van der Waals surface area (Å²) in [6.07, 6.45) is 0. The van der Waals surface area contributed by atoms with Crippen LogP contribution in [0.15, 0.2) is 12.1 Å². The molecule has 0 aliphatic carbocycles. The first-order valence-corrected chi connectivity index (χ1v) is 6.72. The van der Waals surface area contributed by atoms with Gasteiger partial charge in [0.1, 0.15) is 5.15 Å². The number of nitrogens with one attached hydrogen (secondary N) is 1. The molecule has 5 heteroatoms. The van der Waals surface area contributed by atoms with Crippen LogP contribution in [0.4, 0.5) is 0 Å². The summed E-state index contributed by atoms with van der Waals surface area (Å²) >= 11 is 12.0. The molecule has 0 aromatic carbocycles. The first kappa shape index (κ1) is 11.7. The van der Waals surface area contributed by atoms with Crippen molar-refractivity contribution in [1.82, 2.24) is 15.2 Å². The molecule has 2 saturated heterocycles. The number of pyridine rings is 1. The fourth-order valence-corrected chi connectivity index (χ4v) is 3.19. The summed E-state index contributed by atoms with van der Waals surface area (Å²) in [5.41, 5.74) is 0.895. The fraction of sp³-hybridized carbons (Fsp3) is 0.583. The average Bonchev–Trinajstić information content (AvgIpc) is 2.83. The molecular formula is C12H15Cl2N3. The summed E-state index contributed by atoms with van der Waals surface area (Å²) in [6.45, 7) is 5.40. The molecule has 0 unspecified atom stereocenters. The maximum absolute atomic E-state index is 6.14. The Bertz CT molecular complexity index is 412. The van der Waals surface area contributed by atoms with Gasteiger partial charge in [-0.3, -0.25) is 4.90 Å². The molecule has 1 aromatic heterocycles. The van der Waals surface area contributed by atoms with Crippen LogP contribution in [-0.2, 0) is 6.54 Å². The number of halogens is 2. The van der Waals surface area contributed by atoms with E-state index in [1.54, 1.807) is 6.07 Å². The summed E-state index contributed by atoms with van der Waals surface area (Å²) in [7, 11) is 0. The van der Waals surface area contributed by atoms with Crippen molar-refractivity contribution in [2.45, 2.75) is 6.54 Å². The van der Waals surface area contributed by atoms with Gasteiger partial charge in [0, 0.05) is 19.6 Å². The van der Waals surface area contributed by atoms with E-state index in [1.807, 2.05) is 6.07 Å². The molecule has 2 aliphatic rings. The van der Waals surface area contributed by atoms with Crippen LogP contribution in [0.5, 0.6) is 0 Å². The second-order valence-electron chi connectivity index (χ2n) is 4.93. The molecule has 17 heavy (non-hydrogen) atoms. The molecule has 2 fully saturated rings. The minimum atomic E-state index is 0.519. The third-order valence-corrected chi connectivity index (χ3v) is 4.28. The van der Waals surface area contributed by atoms with E-state index in [0.29, 0.717) is 10.2 Å². The van der Waals surface area contributed by atoms with Gasteiger partial charge < -0.3 is 5.32 Å². The van der Waals surface area contributed by atoms with Crippen molar-refractivity contribution in [3.05, 3.63) is 28.0 Å². The number of rotatable bonds is 2. The molecule has 92 valence electrons. The average molecular weight is 272 g/mol. The third-order valence-electron chi connectivity index (χ3n) is 3.72. The lowest BCUT2D eigenvalue weighted by Crippen LogP contribution is -2.25. The van der Waals surface area contributed by atoms with E-state index in [4.69, 9.17) is 23.2 Å². The maximum atomic E-state index is 6.14. The molecule has 3 rings (SSSR count). The first-order valence-electron chi connectivity index (χ1n) is 5.96. The van der Waals surface area contributed by atoms with Crippen LogP contribution in [0.25, 0.3) is 0 Å². The Hall–Kier alpha value is -0.350. The molecular weight excluding hydrogens is 257 g/mol. The van der Waals surface area contributed by atoms with E-state index in [2.05, 4.69) is 15.2 Å². The summed E-state index contributed by atoms with van der Waals surface area (Å²) < 4.78 is 0. The highest BCUT2D eigenvalue weighted by molar-refractivity contribution is 6.32. The number of aromatic nitrogens is 1. The van der Waals surface area contributed by atoms with E-state index < -0.39 is 0 Å². The highest BCUT2D eigenvalue weighted by Gasteiger charge is 2.36. The van der Waals surface area contributed by atoms with Gasteiger partial charge in [-0.15, -0.1) is 0 Å². The largest absolute Gasteiger partial charge is 0.316 e. The second-order valence-corrected chi connectivity index (χ2v) is 5.73. The Morgan fingerprint density at radius 2 is 1.94 bits per heavy atom. The van der Waals surface area contributed by atoms with Crippen LogP contribution < -0.4 is 5.32 Å². The third kappa shape index (κ3) is 2.43. The van der Waals surface area contributed by atoms with Crippen molar-refractivity contribution >= 4 is 23.2 Å². The normalized spacial score (nSPS) is 28.6. The highest BCUT2D eigenvalue weighted by atomic mass is 35.5. The lowest BCUT2D eigenvalue weighted by Gasteiger charge is -2.17. The van der Waals surface area contributed by atoms with Gasteiger partial charge in [-0.25, -0.2) is 4.98 Å². The fourth-order valence-electron chi connectivity index (χ4n) is 2.86. The van der Waals surface area contributed by atoms with E-state index in [1.165, 1.54) is 0 Å². The summed E-state index contributed by atoms with van der Waals surface area (Å²) in [4.78, 5) is 6.74. The molecule has 0 amide bonds. The van der Waals surface area contributed by atoms with Crippen LogP contribution in [0, 0.1) is 11.8 Å². The zero-order valence-corrected chi connectivity index (χ0v) is 11.0. The van der Waals surface area contributed by atoms with Crippen molar-refractivity contribution < 1.29 is 0 Å². The van der Waals surface area contributed by atoms with Crippen molar-refractivity contribution in [3.8, 4) is 0 Å². The SMILES string of the molecule is Clc1ccc(Cl)c(CN2C[C@H]3CNC[C@H]3C2)n1. The Morgan fingerprint density at radius 3 is 2.65 bits per heavy atom. The van der Waals surface area contributed by atoms with Crippen LogP contribution in [0.1, 0.15) is 5.69 Å². The Kier molecular flexibility index (Phi) is 3.26. The van der Waals surface area contributed by atoms with Crippen LogP contribution >= 0.6 is 23.2 Å². The second kappa shape index (κ2) is 4.73. The van der Waals surface area contributed by atoms with Crippen molar-refractivity contribution in [2.75, 3.05) is 26.2 Å². The molecule has 1 N–H and O–H groups in total. The molecule has 0 bridgehead atoms. The van der Waals surface area contributed by atoms with E-state index in [0.717, 1.165) is 50.3 Å². The topological polar surface area (TPSA) is 28.2 Å². The number of hydrogen-bond donors (Lipinski definition) is 1. The molecule has 2 aliphatic heterocycles. The zero-order chi connectivity index (χ0) is 11.8. The van der Waals surface area contributed by atoms with Gasteiger partial charge >= 0.3 is 0 Å². The maximum Gasteiger partial charge on any atom is 0.129 e. The van der Waals surface area contributed by atoms with Gasteiger partial charge in [-0.05, 0) is 37.1 Å². The summed E-state index contributed by atoms with van der Waals surface area (Å²) in [5.74, 6) is 1.60. The van der Waals surface area contributed by atoms with Gasteiger partial charge in [-0.1, -0.05) is 23.2 Å². The number of nitrogens with zero attached hydrogens (tertiary/aromatic N) is 2. The van der Waals surface area contributed by atoms with Crippen LogP contribution in [0.3, 0.4) is 0 Å². The van der Waals surface area contributed by atoms with E-state index >= 15 is 0 Å². The lowest BCUT2D eigenvalue weighted by molar-refractivity contribution is 0.302. The van der Waals surface area contributed by atoms with Crippen molar-refractivity contribution in [3.63, 3.8) is 0 Å². The smallest absolute Gasteiger partial charge is 0.129 e. The van der Waals surface area contributed by atoms with Crippen molar-refractivity contribution in [2.24, 2.45) is 11.8 Å². The van der Waals surface area contributed by atoms with E-state index in [9.17, 15) is 0 Å². The minimum absolute atomic E-state index is 0.519. The Balaban J connectivity index is 1.69. The minimum Gasteiger partial charge on any atom is -0.316 e. The highest BCUT2D eigenvalue weighted by Crippen LogP contribution is 2.28. The molecule has 3 nitrogen and oxygen atoms in total. The van der Waals surface area contributed by atoms with Crippen LogP contribution in [-0.4, -0.2) is 36.1 Å². The standard InChI is InChI=1S/C12H15Cl2N3/c13-10-1-2-12(14)16-11(10)7-17-5-8-3-15-4-9(8)6-17/h1-2,8-9,15H,3-7H2/t8-,9+. The van der Waals surface area contributed by atoms with Gasteiger partial charge in [0.2, 0.25) is 0 Å². The van der Waals surface area contributed by atoms with Gasteiger partial charge in [0.15, 0.2) is 0 Å². The number of fused-ring (bicyclic) bond motifs is 1. The zero-order valence-electron chi connectivity index (χ0n) is 9.50. The number of likely N-dealkylation sites (tertiary alicyclic amines) is 1. The predicted octanol–water partition coefficient (Wildman–Crippen LogP) is 2.04. The quantitative estimate of drug-likeness (QED) is 0.835.